The van der Waals surface area contributed by atoms with Crippen molar-refractivity contribution in [3.8, 4) is 0 Å². The zero-order valence-corrected chi connectivity index (χ0v) is 62.2. The van der Waals surface area contributed by atoms with Crippen LogP contribution in [-0.2, 0) is 65.4 Å². The monoisotopic (exact) mass is 1370 g/mol. The smallest absolute Gasteiger partial charge is 0.462 e. The average Bonchev–Trinajstić information content (AvgIpc) is 2.55. The van der Waals surface area contributed by atoms with Crippen molar-refractivity contribution in [2.24, 2.45) is 5.92 Å². The Labute approximate surface area is 568 Å². The standard InChI is InChI=1S/C74H144O17P2/c1-6-10-13-16-19-22-23-30-34-39-43-48-53-58-72(77)85-64-70(91-74(79)60-55-50-45-40-35-32-29-27-25-24-26-28-31-33-38-41-46-51-56-67(5)9-4)66-89-93(82,83)87-62-68(75)61-86-92(80,81)88-65-69(90-73(78)59-54-49-44-37-21-18-15-12-8-3)63-84-71(76)57-52-47-42-36-20-17-14-11-7-2/h67-70,75H,6-66H2,1-5H3,(H,80,81)(H,82,83)/t67?,68-,69+,70+/m0/s1. The molecule has 0 saturated heterocycles. The van der Waals surface area contributed by atoms with Crippen molar-refractivity contribution >= 4 is 39.5 Å². The van der Waals surface area contributed by atoms with Crippen LogP contribution in [0.2, 0.25) is 0 Å². The average molecular weight is 1370 g/mol. The summed E-state index contributed by atoms with van der Waals surface area (Å²) in [5.41, 5.74) is 0. The lowest BCUT2D eigenvalue weighted by molar-refractivity contribution is -0.161. The second-order valence-electron chi connectivity index (χ2n) is 26.9. The molecule has 19 heteroatoms. The van der Waals surface area contributed by atoms with Crippen LogP contribution in [0.25, 0.3) is 0 Å². The quantitative estimate of drug-likeness (QED) is 0.0222. The first-order valence-electron chi connectivity index (χ1n) is 38.7. The molecule has 0 aliphatic rings. The number of hydrogen-bond acceptors (Lipinski definition) is 15. The summed E-state index contributed by atoms with van der Waals surface area (Å²) >= 11 is 0. The van der Waals surface area contributed by atoms with E-state index in [9.17, 15) is 43.2 Å². The summed E-state index contributed by atoms with van der Waals surface area (Å²) in [6.07, 6.45) is 55.5. The molecule has 0 aromatic rings. The highest BCUT2D eigenvalue weighted by Gasteiger charge is 2.30. The van der Waals surface area contributed by atoms with Crippen LogP contribution in [0.3, 0.4) is 0 Å². The molecule has 0 aromatic heterocycles. The van der Waals surface area contributed by atoms with E-state index in [1.165, 1.54) is 212 Å². The van der Waals surface area contributed by atoms with Crippen LogP contribution in [0.5, 0.6) is 0 Å². The molecular formula is C74H144O17P2. The van der Waals surface area contributed by atoms with E-state index in [1.807, 2.05) is 0 Å². The van der Waals surface area contributed by atoms with Gasteiger partial charge in [0.1, 0.15) is 19.3 Å². The largest absolute Gasteiger partial charge is 0.472 e. The van der Waals surface area contributed by atoms with Crippen molar-refractivity contribution in [1.29, 1.82) is 0 Å². The zero-order chi connectivity index (χ0) is 68.4. The molecule has 0 amide bonds. The molecule has 552 valence electrons. The Hall–Kier alpha value is -1.94. The number of phosphoric acid groups is 2. The number of carbonyl (C=O) groups is 4. The Morgan fingerprint density at radius 1 is 0.301 bits per heavy atom. The molecule has 0 rings (SSSR count). The van der Waals surface area contributed by atoms with Crippen molar-refractivity contribution in [3.05, 3.63) is 0 Å². The van der Waals surface area contributed by atoms with E-state index < -0.39 is 97.5 Å². The van der Waals surface area contributed by atoms with Gasteiger partial charge in [0.2, 0.25) is 0 Å². The lowest BCUT2D eigenvalue weighted by Crippen LogP contribution is -2.30. The summed E-state index contributed by atoms with van der Waals surface area (Å²) in [6, 6.07) is 0. The maximum atomic E-state index is 13.1. The van der Waals surface area contributed by atoms with E-state index in [4.69, 9.17) is 37.0 Å². The molecule has 0 fully saturated rings. The van der Waals surface area contributed by atoms with Crippen LogP contribution in [0.4, 0.5) is 0 Å². The van der Waals surface area contributed by atoms with Crippen LogP contribution in [0.1, 0.15) is 388 Å². The number of carbonyl (C=O) groups excluding carboxylic acids is 4. The van der Waals surface area contributed by atoms with Crippen molar-refractivity contribution in [2.75, 3.05) is 39.6 Å². The van der Waals surface area contributed by atoms with Gasteiger partial charge in [0.25, 0.3) is 0 Å². The Morgan fingerprint density at radius 3 is 0.763 bits per heavy atom. The lowest BCUT2D eigenvalue weighted by Gasteiger charge is -2.21. The minimum Gasteiger partial charge on any atom is -0.462 e. The molecule has 0 aliphatic carbocycles. The van der Waals surface area contributed by atoms with Crippen molar-refractivity contribution in [1.82, 2.24) is 0 Å². The number of aliphatic hydroxyl groups excluding tert-OH is 1. The SMILES string of the molecule is CCCCCCCCCCCCCCCC(=O)OC[C@H](COP(=O)(O)OC[C@@H](O)COP(=O)(O)OC[C@@H](COC(=O)CCCCCCCCCCC)OC(=O)CCCCCCCCCCC)OC(=O)CCCCCCCCCCCCCCCCCCCCC(C)CC. The van der Waals surface area contributed by atoms with Crippen molar-refractivity contribution < 1.29 is 80.2 Å². The number of hydrogen-bond donors (Lipinski definition) is 3. The van der Waals surface area contributed by atoms with E-state index >= 15 is 0 Å². The summed E-state index contributed by atoms with van der Waals surface area (Å²) in [5.74, 6) is -1.25. The summed E-state index contributed by atoms with van der Waals surface area (Å²) in [5, 5.41) is 10.6. The van der Waals surface area contributed by atoms with Gasteiger partial charge in [0, 0.05) is 25.7 Å². The highest BCUT2D eigenvalue weighted by atomic mass is 31.2. The Morgan fingerprint density at radius 2 is 0.516 bits per heavy atom. The first-order chi connectivity index (χ1) is 45.1. The number of aliphatic hydroxyl groups is 1. The van der Waals surface area contributed by atoms with Gasteiger partial charge >= 0.3 is 39.5 Å². The fourth-order valence-corrected chi connectivity index (χ4v) is 12.9. The van der Waals surface area contributed by atoms with E-state index in [-0.39, 0.29) is 25.7 Å². The van der Waals surface area contributed by atoms with Crippen LogP contribution in [-0.4, -0.2) is 96.7 Å². The second kappa shape index (κ2) is 67.3. The molecule has 3 N–H and O–H groups in total. The summed E-state index contributed by atoms with van der Waals surface area (Å²) < 4.78 is 68.3. The molecule has 6 atom stereocenters. The van der Waals surface area contributed by atoms with Gasteiger partial charge in [-0.05, 0) is 31.6 Å². The van der Waals surface area contributed by atoms with Gasteiger partial charge in [-0.3, -0.25) is 37.3 Å². The summed E-state index contributed by atoms with van der Waals surface area (Å²) in [4.78, 5) is 72.5. The van der Waals surface area contributed by atoms with Crippen molar-refractivity contribution in [2.45, 2.75) is 406 Å². The van der Waals surface area contributed by atoms with Gasteiger partial charge in [0.15, 0.2) is 12.2 Å². The number of unbranched alkanes of at least 4 members (excludes halogenated alkanes) is 45. The predicted octanol–water partition coefficient (Wildman–Crippen LogP) is 21.7. The number of phosphoric ester groups is 2. The molecule has 0 saturated carbocycles. The minimum absolute atomic E-state index is 0.106. The molecule has 0 aliphatic heterocycles. The molecule has 17 nitrogen and oxygen atoms in total. The minimum atomic E-state index is -4.95. The third kappa shape index (κ3) is 67.0. The zero-order valence-electron chi connectivity index (χ0n) is 60.4. The van der Waals surface area contributed by atoms with Gasteiger partial charge in [-0.15, -0.1) is 0 Å². The molecule has 93 heavy (non-hydrogen) atoms. The van der Waals surface area contributed by atoms with E-state index in [0.29, 0.717) is 25.7 Å². The predicted molar refractivity (Wildman–Crippen MR) is 377 cm³/mol. The second-order valence-corrected chi connectivity index (χ2v) is 29.8. The third-order valence-corrected chi connectivity index (χ3v) is 19.5. The van der Waals surface area contributed by atoms with Gasteiger partial charge in [-0.25, -0.2) is 9.13 Å². The fraction of sp³-hybridized carbons (Fsp3) is 0.946. The Bertz CT molecular complexity index is 1790. The number of ether oxygens (including phenoxy) is 4. The molecule has 0 heterocycles. The Kier molecular flexibility index (Phi) is 65.9. The fourth-order valence-electron chi connectivity index (χ4n) is 11.3. The first kappa shape index (κ1) is 91.1. The topological polar surface area (TPSA) is 237 Å². The highest BCUT2D eigenvalue weighted by Crippen LogP contribution is 2.45. The summed E-state index contributed by atoms with van der Waals surface area (Å²) in [7, 11) is -9.90. The lowest BCUT2D eigenvalue weighted by atomic mass is 9.99. The van der Waals surface area contributed by atoms with Crippen LogP contribution in [0, 0.1) is 5.92 Å². The van der Waals surface area contributed by atoms with E-state index in [0.717, 1.165) is 95.8 Å². The molecule has 0 aromatic carbocycles. The van der Waals surface area contributed by atoms with Crippen LogP contribution < -0.4 is 0 Å². The molecule has 0 spiro atoms. The normalized spacial score (nSPS) is 14.3. The molecule has 0 bridgehead atoms. The highest BCUT2D eigenvalue weighted by molar-refractivity contribution is 7.47. The van der Waals surface area contributed by atoms with Crippen LogP contribution >= 0.6 is 15.6 Å². The van der Waals surface area contributed by atoms with Gasteiger partial charge < -0.3 is 33.8 Å². The third-order valence-electron chi connectivity index (χ3n) is 17.6. The summed E-state index contributed by atoms with van der Waals surface area (Å²) in [6.45, 7) is 7.31. The Balaban J connectivity index is 5.14. The van der Waals surface area contributed by atoms with E-state index in [2.05, 4.69) is 34.6 Å². The van der Waals surface area contributed by atoms with Gasteiger partial charge in [-0.2, -0.15) is 0 Å². The van der Waals surface area contributed by atoms with Crippen molar-refractivity contribution in [3.63, 3.8) is 0 Å². The van der Waals surface area contributed by atoms with Gasteiger partial charge in [-0.1, -0.05) is 336 Å². The van der Waals surface area contributed by atoms with Gasteiger partial charge in [0.05, 0.1) is 26.4 Å². The maximum Gasteiger partial charge on any atom is 0.472 e. The van der Waals surface area contributed by atoms with Crippen LogP contribution in [0.15, 0.2) is 0 Å². The first-order valence-corrected chi connectivity index (χ1v) is 41.7. The molecular weight excluding hydrogens is 1220 g/mol. The number of esters is 4. The number of rotatable bonds is 74. The van der Waals surface area contributed by atoms with E-state index in [1.54, 1.807) is 0 Å². The molecule has 0 radical (unpaired) electrons. The maximum absolute atomic E-state index is 13.1. The molecule has 3 unspecified atom stereocenters.